The van der Waals surface area contributed by atoms with Crippen LogP contribution in [-0.4, -0.2) is 16.0 Å². The van der Waals surface area contributed by atoms with E-state index in [1.54, 1.807) is 37.5 Å². The fourth-order valence-corrected chi connectivity index (χ4v) is 1.10. The van der Waals surface area contributed by atoms with Gasteiger partial charge in [0.25, 0.3) is 5.91 Å². The summed E-state index contributed by atoms with van der Waals surface area (Å²) in [6.07, 6.45) is 3.20. The molecule has 0 bridgehead atoms. The van der Waals surface area contributed by atoms with Gasteiger partial charge in [-0.2, -0.15) is 0 Å². The summed E-state index contributed by atoms with van der Waals surface area (Å²) in [6.45, 7) is 1.73. The summed E-state index contributed by atoms with van der Waals surface area (Å²) in [7, 11) is 0. The molecule has 0 fully saturated rings. The summed E-state index contributed by atoms with van der Waals surface area (Å²) in [5.41, 5.74) is 0.944. The summed E-state index contributed by atoms with van der Waals surface area (Å²) < 4.78 is 4.80. The van der Waals surface area contributed by atoms with Crippen molar-refractivity contribution in [3.05, 3.63) is 42.0 Å². The Labute approximate surface area is 86.1 Å². The second-order valence-corrected chi connectivity index (χ2v) is 3.01. The molecule has 15 heavy (non-hydrogen) atoms. The van der Waals surface area contributed by atoms with Gasteiger partial charge in [-0.25, -0.2) is 0 Å². The first-order chi connectivity index (χ1) is 7.25. The molecule has 2 aromatic heterocycles. The lowest BCUT2D eigenvalue weighted by atomic mass is 10.3. The molecule has 2 aromatic rings. The molecule has 0 aliphatic rings. The number of nitrogens with one attached hydrogen (secondary N) is 1. The predicted octanol–water partition coefficient (Wildman–Crippen LogP) is 1.63. The van der Waals surface area contributed by atoms with E-state index in [1.807, 2.05) is 0 Å². The Kier molecular flexibility index (Phi) is 2.45. The summed E-state index contributed by atoms with van der Waals surface area (Å²) in [6, 6.07) is 4.98. The van der Waals surface area contributed by atoms with Crippen LogP contribution in [0.15, 0.2) is 35.1 Å². The molecule has 0 aliphatic heterocycles. The van der Waals surface area contributed by atoms with Crippen LogP contribution in [0.5, 0.6) is 0 Å². The molecule has 76 valence electrons. The zero-order chi connectivity index (χ0) is 10.7. The van der Waals surface area contributed by atoms with E-state index in [9.17, 15) is 4.79 Å². The Balaban J connectivity index is 2.11. The summed E-state index contributed by atoms with van der Waals surface area (Å²) in [5.74, 6) is 0.313. The number of pyridine rings is 1. The topological polar surface area (TPSA) is 68.0 Å². The van der Waals surface area contributed by atoms with Gasteiger partial charge in [-0.15, -0.1) is 0 Å². The first-order valence-corrected chi connectivity index (χ1v) is 4.40. The van der Waals surface area contributed by atoms with E-state index in [0.717, 1.165) is 0 Å². The standard InChI is InChI=1S/C10H9N3O2/c1-7-6-9(13-15-7)10(14)12-8-2-4-11-5-3-8/h2-6H,1H3,(H,11,12,14). The minimum Gasteiger partial charge on any atom is -0.361 e. The van der Waals surface area contributed by atoms with Crippen LogP contribution in [0.3, 0.4) is 0 Å². The van der Waals surface area contributed by atoms with Crippen molar-refractivity contribution in [2.24, 2.45) is 0 Å². The number of aromatic nitrogens is 2. The van der Waals surface area contributed by atoms with Crippen LogP contribution in [0.25, 0.3) is 0 Å². The molecule has 5 nitrogen and oxygen atoms in total. The molecule has 2 heterocycles. The van der Waals surface area contributed by atoms with E-state index in [-0.39, 0.29) is 11.6 Å². The highest BCUT2D eigenvalue weighted by Gasteiger charge is 2.10. The average molecular weight is 203 g/mol. The Morgan fingerprint density at radius 1 is 1.40 bits per heavy atom. The number of hydrogen-bond donors (Lipinski definition) is 1. The van der Waals surface area contributed by atoms with Crippen molar-refractivity contribution in [3.63, 3.8) is 0 Å². The summed E-state index contributed by atoms with van der Waals surface area (Å²) >= 11 is 0. The van der Waals surface area contributed by atoms with Crippen LogP contribution in [0.1, 0.15) is 16.2 Å². The third kappa shape index (κ3) is 2.19. The van der Waals surface area contributed by atoms with Crippen molar-refractivity contribution in [1.82, 2.24) is 10.1 Å². The number of amides is 1. The van der Waals surface area contributed by atoms with Gasteiger partial charge >= 0.3 is 0 Å². The molecule has 0 atom stereocenters. The highest BCUT2D eigenvalue weighted by Crippen LogP contribution is 2.07. The molecular formula is C10H9N3O2. The van der Waals surface area contributed by atoms with Crippen molar-refractivity contribution in [3.8, 4) is 0 Å². The zero-order valence-corrected chi connectivity index (χ0v) is 8.10. The van der Waals surface area contributed by atoms with E-state index in [0.29, 0.717) is 11.4 Å². The quantitative estimate of drug-likeness (QED) is 0.805. The second kappa shape index (κ2) is 3.91. The van der Waals surface area contributed by atoms with E-state index in [4.69, 9.17) is 4.52 Å². The van der Waals surface area contributed by atoms with Crippen LogP contribution in [0, 0.1) is 6.92 Å². The molecule has 0 saturated heterocycles. The normalized spacial score (nSPS) is 9.93. The molecule has 1 N–H and O–H groups in total. The Hall–Kier alpha value is -2.17. The predicted molar refractivity (Wildman–Crippen MR) is 53.4 cm³/mol. The largest absolute Gasteiger partial charge is 0.361 e. The highest BCUT2D eigenvalue weighted by molar-refractivity contribution is 6.02. The molecule has 0 aliphatic carbocycles. The summed E-state index contributed by atoms with van der Waals surface area (Å²) in [5, 5.41) is 6.28. The first kappa shape index (κ1) is 9.39. The van der Waals surface area contributed by atoms with Gasteiger partial charge in [-0.1, -0.05) is 5.16 Å². The molecule has 2 rings (SSSR count). The monoisotopic (exact) mass is 203 g/mol. The van der Waals surface area contributed by atoms with Gasteiger partial charge in [-0.05, 0) is 19.1 Å². The van der Waals surface area contributed by atoms with Crippen molar-refractivity contribution in [2.45, 2.75) is 6.92 Å². The van der Waals surface area contributed by atoms with Gasteiger partial charge in [0.05, 0.1) is 0 Å². The van der Waals surface area contributed by atoms with E-state index in [2.05, 4.69) is 15.5 Å². The van der Waals surface area contributed by atoms with Gasteiger partial charge < -0.3 is 9.84 Å². The number of rotatable bonds is 2. The third-order valence-electron chi connectivity index (χ3n) is 1.80. The van der Waals surface area contributed by atoms with Gasteiger partial charge in [0.15, 0.2) is 5.69 Å². The number of carbonyl (C=O) groups excluding carboxylic acids is 1. The molecule has 0 spiro atoms. The Bertz CT molecular complexity index is 465. The van der Waals surface area contributed by atoms with Gasteiger partial charge in [0.2, 0.25) is 0 Å². The average Bonchev–Trinajstić information content (AvgIpc) is 2.66. The smallest absolute Gasteiger partial charge is 0.277 e. The SMILES string of the molecule is Cc1cc(C(=O)Nc2ccncc2)no1. The minimum atomic E-state index is -0.293. The van der Waals surface area contributed by atoms with Crippen molar-refractivity contribution >= 4 is 11.6 Å². The van der Waals surface area contributed by atoms with E-state index >= 15 is 0 Å². The van der Waals surface area contributed by atoms with Crippen LogP contribution in [-0.2, 0) is 0 Å². The molecule has 0 unspecified atom stereocenters. The Morgan fingerprint density at radius 2 is 2.13 bits per heavy atom. The van der Waals surface area contributed by atoms with Gasteiger partial charge in [0.1, 0.15) is 5.76 Å². The third-order valence-corrected chi connectivity index (χ3v) is 1.80. The fraction of sp³-hybridized carbons (Fsp3) is 0.100. The van der Waals surface area contributed by atoms with Crippen molar-refractivity contribution < 1.29 is 9.32 Å². The molecule has 0 radical (unpaired) electrons. The first-order valence-electron chi connectivity index (χ1n) is 4.40. The minimum absolute atomic E-state index is 0.268. The molecular weight excluding hydrogens is 194 g/mol. The maximum absolute atomic E-state index is 11.6. The second-order valence-electron chi connectivity index (χ2n) is 3.01. The van der Waals surface area contributed by atoms with Gasteiger partial charge in [0, 0.05) is 24.1 Å². The zero-order valence-electron chi connectivity index (χ0n) is 8.10. The molecule has 5 heteroatoms. The maximum atomic E-state index is 11.6. The highest BCUT2D eigenvalue weighted by atomic mass is 16.5. The number of nitrogens with zero attached hydrogens (tertiary/aromatic N) is 2. The molecule has 0 saturated carbocycles. The summed E-state index contributed by atoms with van der Waals surface area (Å²) in [4.78, 5) is 15.4. The molecule has 0 aromatic carbocycles. The lowest BCUT2D eigenvalue weighted by Crippen LogP contribution is -2.11. The van der Waals surface area contributed by atoms with Crippen LogP contribution in [0.4, 0.5) is 5.69 Å². The lowest BCUT2D eigenvalue weighted by molar-refractivity contribution is 0.101. The van der Waals surface area contributed by atoms with Crippen molar-refractivity contribution in [1.29, 1.82) is 0 Å². The molecule has 1 amide bonds. The number of aryl methyl sites for hydroxylation is 1. The van der Waals surface area contributed by atoms with E-state index < -0.39 is 0 Å². The number of hydrogen-bond acceptors (Lipinski definition) is 4. The van der Waals surface area contributed by atoms with Crippen LogP contribution in [0.2, 0.25) is 0 Å². The van der Waals surface area contributed by atoms with Crippen LogP contribution < -0.4 is 5.32 Å². The van der Waals surface area contributed by atoms with Crippen molar-refractivity contribution in [2.75, 3.05) is 5.32 Å². The lowest BCUT2D eigenvalue weighted by Gasteiger charge is -2.00. The number of carbonyl (C=O) groups is 1. The van der Waals surface area contributed by atoms with Gasteiger partial charge in [-0.3, -0.25) is 9.78 Å². The van der Waals surface area contributed by atoms with Crippen LogP contribution >= 0.6 is 0 Å². The Morgan fingerprint density at radius 3 is 2.73 bits per heavy atom. The van der Waals surface area contributed by atoms with E-state index in [1.165, 1.54) is 0 Å². The fourth-order valence-electron chi connectivity index (χ4n) is 1.10. The maximum Gasteiger partial charge on any atom is 0.277 e. The number of anilines is 1.